The number of nitrogens with zero attached hydrogens (tertiary/aromatic N) is 2. The lowest BCUT2D eigenvalue weighted by Crippen LogP contribution is -1.84. The van der Waals surface area contributed by atoms with Crippen molar-refractivity contribution in [2.24, 2.45) is 10.2 Å². The van der Waals surface area contributed by atoms with E-state index in [4.69, 9.17) is 0 Å². The maximum atomic E-state index is 4.32. The Hall–Kier alpha value is -3.52. The lowest BCUT2D eigenvalue weighted by Gasteiger charge is -2.10. The molecule has 0 N–H and O–H groups in total. The molecule has 0 unspecified atom stereocenters. The van der Waals surface area contributed by atoms with Gasteiger partial charge in [-0.15, -0.1) is 0 Å². The number of rotatable bonds is 4. The van der Waals surface area contributed by atoms with Crippen LogP contribution in [-0.4, -0.2) is 0 Å². The van der Waals surface area contributed by atoms with E-state index < -0.39 is 0 Å². The van der Waals surface area contributed by atoms with Crippen LogP contribution >= 0.6 is 0 Å². The van der Waals surface area contributed by atoms with Crippen LogP contribution in [0.25, 0.3) is 22.3 Å². The normalized spacial score (nSPS) is 10.9. The molecule has 0 aromatic heterocycles. The van der Waals surface area contributed by atoms with Crippen LogP contribution in [0.2, 0.25) is 0 Å². The molecule has 0 spiro atoms. The average Bonchev–Trinajstić information content (AvgIpc) is 2.74. The summed E-state index contributed by atoms with van der Waals surface area (Å²) in [5.41, 5.74) is 6.52. The predicted octanol–water partition coefficient (Wildman–Crippen LogP) is 7.44. The van der Waals surface area contributed by atoms with Crippen molar-refractivity contribution in [1.29, 1.82) is 0 Å². The third-order valence-electron chi connectivity index (χ3n) is 4.23. The summed E-state index contributed by atoms with van der Waals surface area (Å²) < 4.78 is 0. The maximum absolute atomic E-state index is 4.32. The molecule has 26 heavy (non-hydrogen) atoms. The van der Waals surface area contributed by atoms with E-state index in [1.807, 2.05) is 48.5 Å². The predicted molar refractivity (Wildman–Crippen MR) is 108 cm³/mol. The third kappa shape index (κ3) is 3.60. The van der Waals surface area contributed by atoms with Crippen molar-refractivity contribution >= 4 is 11.4 Å². The molecule has 0 aliphatic heterocycles. The summed E-state index contributed by atoms with van der Waals surface area (Å²) in [6.07, 6.45) is 0. The van der Waals surface area contributed by atoms with Crippen LogP contribution < -0.4 is 0 Å². The van der Waals surface area contributed by atoms with E-state index in [1.54, 1.807) is 0 Å². The Bertz CT molecular complexity index is 1000. The van der Waals surface area contributed by atoms with Gasteiger partial charge in [0.05, 0.1) is 11.4 Å². The van der Waals surface area contributed by atoms with Crippen LogP contribution in [0.15, 0.2) is 119 Å². The molecule has 0 radical (unpaired) electrons. The SMILES string of the molecule is c1ccc(N=Nc2ccc(-c3ccccc3-c3ccccc3)cc2)cc1. The topological polar surface area (TPSA) is 24.7 Å². The Morgan fingerprint density at radius 2 is 0.769 bits per heavy atom. The summed E-state index contributed by atoms with van der Waals surface area (Å²) in [5.74, 6) is 0. The second kappa shape index (κ2) is 7.58. The number of benzene rings is 4. The fraction of sp³-hybridized carbons (Fsp3) is 0. The molecule has 0 saturated carbocycles. The smallest absolute Gasteiger partial charge is 0.0857 e. The first kappa shape index (κ1) is 16.0. The molecule has 2 heteroatoms. The van der Waals surface area contributed by atoms with Crippen molar-refractivity contribution in [3.63, 3.8) is 0 Å². The van der Waals surface area contributed by atoms with Gasteiger partial charge in [-0.3, -0.25) is 0 Å². The molecule has 4 rings (SSSR count). The molecule has 4 aromatic rings. The number of azo groups is 1. The standard InChI is InChI=1S/C24H18N2/c1-3-9-19(10-4-1)23-13-7-8-14-24(23)20-15-17-22(18-16-20)26-25-21-11-5-2-6-12-21/h1-18H. The molecule has 0 bridgehead atoms. The monoisotopic (exact) mass is 334 g/mol. The summed E-state index contributed by atoms with van der Waals surface area (Å²) in [4.78, 5) is 0. The van der Waals surface area contributed by atoms with Gasteiger partial charge in [0.25, 0.3) is 0 Å². The van der Waals surface area contributed by atoms with Gasteiger partial charge in [-0.05, 0) is 46.5 Å². The van der Waals surface area contributed by atoms with Gasteiger partial charge in [0.15, 0.2) is 0 Å². The number of hydrogen-bond donors (Lipinski definition) is 0. The van der Waals surface area contributed by atoms with E-state index in [-0.39, 0.29) is 0 Å². The highest BCUT2D eigenvalue weighted by molar-refractivity contribution is 5.83. The first-order valence-corrected chi connectivity index (χ1v) is 8.62. The average molecular weight is 334 g/mol. The Labute approximate surface area is 153 Å². The van der Waals surface area contributed by atoms with Gasteiger partial charge in [0.2, 0.25) is 0 Å². The van der Waals surface area contributed by atoms with Gasteiger partial charge in [-0.25, -0.2) is 0 Å². The van der Waals surface area contributed by atoms with Crippen molar-refractivity contribution in [2.75, 3.05) is 0 Å². The number of hydrogen-bond acceptors (Lipinski definition) is 2. The van der Waals surface area contributed by atoms with E-state index in [1.165, 1.54) is 22.3 Å². The molecule has 0 atom stereocenters. The van der Waals surface area contributed by atoms with Crippen LogP contribution in [0.4, 0.5) is 11.4 Å². The van der Waals surface area contributed by atoms with Gasteiger partial charge < -0.3 is 0 Å². The summed E-state index contributed by atoms with van der Waals surface area (Å²) in [6, 6.07) is 36.9. The maximum Gasteiger partial charge on any atom is 0.0857 e. The molecule has 0 aliphatic carbocycles. The van der Waals surface area contributed by atoms with E-state index in [2.05, 4.69) is 70.9 Å². The van der Waals surface area contributed by atoms with Crippen LogP contribution in [0.3, 0.4) is 0 Å². The van der Waals surface area contributed by atoms with Crippen LogP contribution in [0.5, 0.6) is 0 Å². The highest BCUT2D eigenvalue weighted by Crippen LogP contribution is 2.32. The zero-order chi connectivity index (χ0) is 17.6. The molecular weight excluding hydrogens is 316 g/mol. The molecule has 0 aliphatic rings. The highest BCUT2D eigenvalue weighted by atomic mass is 15.1. The molecule has 2 nitrogen and oxygen atoms in total. The first-order valence-electron chi connectivity index (χ1n) is 8.62. The van der Waals surface area contributed by atoms with E-state index >= 15 is 0 Å². The van der Waals surface area contributed by atoms with Gasteiger partial charge in [0.1, 0.15) is 0 Å². The summed E-state index contributed by atoms with van der Waals surface area (Å²) >= 11 is 0. The van der Waals surface area contributed by atoms with E-state index in [0.29, 0.717) is 0 Å². The quantitative estimate of drug-likeness (QED) is 0.346. The minimum atomic E-state index is 0.842. The molecule has 0 amide bonds. The lowest BCUT2D eigenvalue weighted by atomic mass is 9.94. The highest BCUT2D eigenvalue weighted by Gasteiger charge is 2.06. The fourth-order valence-corrected chi connectivity index (χ4v) is 2.92. The molecule has 0 saturated heterocycles. The second-order valence-corrected chi connectivity index (χ2v) is 5.99. The Kier molecular flexibility index (Phi) is 4.66. The van der Waals surface area contributed by atoms with Crippen molar-refractivity contribution in [2.45, 2.75) is 0 Å². The van der Waals surface area contributed by atoms with Crippen molar-refractivity contribution in [3.8, 4) is 22.3 Å². The Balaban J connectivity index is 1.63. The van der Waals surface area contributed by atoms with Crippen molar-refractivity contribution in [3.05, 3.63) is 109 Å². The zero-order valence-corrected chi connectivity index (χ0v) is 14.3. The van der Waals surface area contributed by atoms with Gasteiger partial charge in [0, 0.05) is 0 Å². The minimum Gasteiger partial charge on any atom is -0.151 e. The lowest BCUT2D eigenvalue weighted by molar-refractivity contribution is 1.23. The van der Waals surface area contributed by atoms with Crippen LogP contribution in [-0.2, 0) is 0 Å². The molecule has 0 heterocycles. The van der Waals surface area contributed by atoms with E-state index in [9.17, 15) is 0 Å². The third-order valence-corrected chi connectivity index (χ3v) is 4.23. The van der Waals surface area contributed by atoms with Crippen LogP contribution in [0.1, 0.15) is 0 Å². The summed E-state index contributed by atoms with van der Waals surface area (Å²) in [7, 11) is 0. The van der Waals surface area contributed by atoms with Gasteiger partial charge >= 0.3 is 0 Å². The summed E-state index contributed by atoms with van der Waals surface area (Å²) in [6.45, 7) is 0. The summed E-state index contributed by atoms with van der Waals surface area (Å²) in [5, 5.41) is 8.59. The van der Waals surface area contributed by atoms with Crippen LogP contribution in [0, 0.1) is 0 Å². The molecular formula is C24H18N2. The Morgan fingerprint density at radius 3 is 1.35 bits per heavy atom. The molecule has 124 valence electrons. The largest absolute Gasteiger partial charge is 0.151 e. The van der Waals surface area contributed by atoms with Crippen molar-refractivity contribution < 1.29 is 0 Å². The van der Waals surface area contributed by atoms with E-state index in [0.717, 1.165) is 11.4 Å². The second-order valence-electron chi connectivity index (χ2n) is 5.99. The Morgan fingerprint density at radius 1 is 0.346 bits per heavy atom. The fourth-order valence-electron chi connectivity index (χ4n) is 2.92. The molecule has 4 aromatic carbocycles. The van der Waals surface area contributed by atoms with Gasteiger partial charge in [-0.1, -0.05) is 84.9 Å². The first-order chi connectivity index (χ1) is 12.9. The molecule has 0 fully saturated rings. The van der Waals surface area contributed by atoms with Crippen molar-refractivity contribution in [1.82, 2.24) is 0 Å². The zero-order valence-electron chi connectivity index (χ0n) is 14.3. The minimum absolute atomic E-state index is 0.842. The van der Waals surface area contributed by atoms with Gasteiger partial charge in [-0.2, -0.15) is 10.2 Å².